The van der Waals surface area contributed by atoms with E-state index in [4.69, 9.17) is 5.84 Å². The van der Waals surface area contributed by atoms with E-state index in [9.17, 15) is 13.2 Å². The number of hydrogen-bond acceptors (Lipinski definition) is 6. The zero-order valence-corrected chi connectivity index (χ0v) is 11.8. The highest BCUT2D eigenvalue weighted by Crippen LogP contribution is 2.31. The van der Waals surface area contributed by atoms with E-state index in [0.29, 0.717) is 10.6 Å². The summed E-state index contributed by atoms with van der Waals surface area (Å²) in [5.41, 5.74) is 2.33. The number of halogens is 3. The van der Waals surface area contributed by atoms with Crippen LogP contribution in [0.15, 0.2) is 6.07 Å². The molecule has 0 spiro atoms. The van der Waals surface area contributed by atoms with Crippen LogP contribution < -0.4 is 16.2 Å². The minimum absolute atomic E-state index is 0.172. The molecule has 2 rings (SSSR count). The third-order valence-electron chi connectivity index (χ3n) is 2.72. The highest BCUT2D eigenvalue weighted by Gasteiger charge is 2.28. The number of alkyl halides is 3. The van der Waals surface area contributed by atoms with Crippen molar-refractivity contribution in [2.24, 2.45) is 5.84 Å². The molecular formula is C11H14F3N5S. The quantitative estimate of drug-likeness (QED) is 0.671. The SMILES string of the molecule is Cc1cc2c(N(C)CCC(F)(F)F)nc(NN)nc2s1. The minimum atomic E-state index is -4.19. The first kappa shape index (κ1) is 14.8. The predicted molar refractivity (Wildman–Crippen MR) is 73.9 cm³/mol. The Morgan fingerprint density at radius 2 is 2.10 bits per heavy atom. The van der Waals surface area contributed by atoms with Crippen molar-refractivity contribution in [3.63, 3.8) is 0 Å². The van der Waals surface area contributed by atoms with Gasteiger partial charge in [0.1, 0.15) is 10.6 Å². The van der Waals surface area contributed by atoms with Crippen LogP contribution in [-0.2, 0) is 0 Å². The van der Waals surface area contributed by atoms with Gasteiger partial charge in [0.2, 0.25) is 5.95 Å². The van der Waals surface area contributed by atoms with E-state index in [-0.39, 0.29) is 12.5 Å². The van der Waals surface area contributed by atoms with Crippen LogP contribution in [0.3, 0.4) is 0 Å². The Labute approximate surface area is 117 Å². The number of hydrazine groups is 1. The molecule has 0 amide bonds. The molecule has 0 fully saturated rings. The third kappa shape index (κ3) is 3.28. The molecule has 0 saturated carbocycles. The number of hydrogen-bond donors (Lipinski definition) is 2. The van der Waals surface area contributed by atoms with Gasteiger partial charge in [-0.15, -0.1) is 11.3 Å². The lowest BCUT2D eigenvalue weighted by molar-refractivity contribution is -0.132. The van der Waals surface area contributed by atoms with Gasteiger partial charge >= 0.3 is 6.18 Å². The van der Waals surface area contributed by atoms with Gasteiger partial charge in [-0.05, 0) is 13.0 Å². The zero-order valence-electron chi connectivity index (χ0n) is 11.0. The molecule has 0 radical (unpaired) electrons. The van der Waals surface area contributed by atoms with Crippen LogP contribution in [0.2, 0.25) is 0 Å². The summed E-state index contributed by atoms with van der Waals surface area (Å²) >= 11 is 1.44. The van der Waals surface area contributed by atoms with Crippen LogP contribution in [-0.4, -0.2) is 29.7 Å². The Kier molecular flexibility index (Phi) is 4.00. The van der Waals surface area contributed by atoms with Crippen molar-refractivity contribution in [2.45, 2.75) is 19.5 Å². The van der Waals surface area contributed by atoms with Crippen molar-refractivity contribution in [3.8, 4) is 0 Å². The topological polar surface area (TPSA) is 67.1 Å². The molecule has 110 valence electrons. The van der Waals surface area contributed by atoms with Crippen molar-refractivity contribution < 1.29 is 13.2 Å². The molecule has 0 bridgehead atoms. The predicted octanol–water partition coefficient (Wildman–Crippen LogP) is 2.67. The maximum atomic E-state index is 12.3. The Balaban J connectivity index is 2.36. The summed E-state index contributed by atoms with van der Waals surface area (Å²) in [6.07, 6.45) is -5.09. The second-order valence-corrected chi connectivity index (χ2v) is 5.61. The highest BCUT2D eigenvalue weighted by molar-refractivity contribution is 7.18. The van der Waals surface area contributed by atoms with Crippen molar-refractivity contribution in [2.75, 3.05) is 23.9 Å². The van der Waals surface area contributed by atoms with Crippen LogP contribution >= 0.6 is 11.3 Å². The number of aromatic nitrogens is 2. The fourth-order valence-corrected chi connectivity index (χ4v) is 2.66. The number of nitrogen functional groups attached to an aromatic ring is 1. The van der Waals surface area contributed by atoms with Crippen LogP contribution in [0, 0.1) is 6.92 Å². The first-order valence-corrected chi connectivity index (χ1v) is 6.64. The largest absolute Gasteiger partial charge is 0.390 e. The molecule has 3 N–H and O–H groups in total. The molecule has 0 unspecified atom stereocenters. The van der Waals surface area contributed by atoms with E-state index in [1.165, 1.54) is 16.2 Å². The van der Waals surface area contributed by atoms with E-state index < -0.39 is 12.6 Å². The molecule has 5 nitrogen and oxygen atoms in total. The molecule has 0 aliphatic heterocycles. The lowest BCUT2D eigenvalue weighted by atomic mass is 10.3. The van der Waals surface area contributed by atoms with Crippen LogP contribution in [0.5, 0.6) is 0 Å². The van der Waals surface area contributed by atoms with Crippen molar-refractivity contribution in [1.82, 2.24) is 9.97 Å². The number of fused-ring (bicyclic) bond motifs is 1. The van der Waals surface area contributed by atoms with E-state index in [2.05, 4.69) is 15.4 Å². The Morgan fingerprint density at radius 1 is 1.40 bits per heavy atom. The number of aryl methyl sites for hydroxylation is 1. The summed E-state index contributed by atoms with van der Waals surface area (Å²) in [6, 6.07) is 1.86. The van der Waals surface area contributed by atoms with Gasteiger partial charge in [0, 0.05) is 18.5 Å². The fraction of sp³-hybridized carbons (Fsp3) is 0.455. The van der Waals surface area contributed by atoms with Gasteiger partial charge in [0.25, 0.3) is 0 Å². The monoisotopic (exact) mass is 305 g/mol. The smallest absolute Gasteiger partial charge is 0.359 e. The standard InChI is InChI=1S/C11H14F3N5S/c1-6-5-7-8(19(2)4-3-11(12,13)14)16-10(18-15)17-9(7)20-6/h5H,3-4,15H2,1-2H3,(H,16,17,18). The number of nitrogens with two attached hydrogens (primary N) is 1. The number of nitrogens with zero attached hydrogens (tertiary/aromatic N) is 3. The van der Waals surface area contributed by atoms with Gasteiger partial charge in [-0.1, -0.05) is 0 Å². The average molecular weight is 305 g/mol. The Morgan fingerprint density at radius 3 is 2.70 bits per heavy atom. The third-order valence-corrected chi connectivity index (χ3v) is 3.66. The van der Waals surface area contributed by atoms with Crippen molar-refractivity contribution >= 4 is 33.3 Å². The molecular weight excluding hydrogens is 291 g/mol. The molecule has 0 aliphatic rings. The number of nitrogens with one attached hydrogen (secondary N) is 1. The molecule has 2 heterocycles. The van der Waals surface area contributed by atoms with Gasteiger partial charge in [-0.3, -0.25) is 5.43 Å². The molecule has 2 aromatic rings. The summed E-state index contributed by atoms with van der Waals surface area (Å²) in [5.74, 6) is 5.92. The highest BCUT2D eigenvalue weighted by atomic mass is 32.1. The van der Waals surface area contributed by atoms with Crippen LogP contribution in [0.4, 0.5) is 24.9 Å². The molecule has 0 aromatic carbocycles. The van der Waals surface area contributed by atoms with E-state index >= 15 is 0 Å². The second kappa shape index (κ2) is 5.41. The number of rotatable bonds is 4. The maximum absolute atomic E-state index is 12.3. The Hall–Kier alpha value is -1.61. The van der Waals surface area contributed by atoms with E-state index in [1.807, 2.05) is 13.0 Å². The van der Waals surface area contributed by atoms with Gasteiger partial charge in [0.05, 0.1) is 11.8 Å². The van der Waals surface area contributed by atoms with Gasteiger partial charge in [0.15, 0.2) is 0 Å². The molecule has 0 aliphatic carbocycles. The first-order valence-electron chi connectivity index (χ1n) is 5.83. The van der Waals surface area contributed by atoms with Gasteiger partial charge in [-0.2, -0.15) is 18.2 Å². The zero-order chi connectivity index (χ0) is 14.9. The van der Waals surface area contributed by atoms with Crippen molar-refractivity contribution in [3.05, 3.63) is 10.9 Å². The van der Waals surface area contributed by atoms with Crippen molar-refractivity contribution in [1.29, 1.82) is 0 Å². The summed E-state index contributed by atoms with van der Waals surface area (Å²) < 4.78 is 36.9. The summed E-state index contributed by atoms with van der Waals surface area (Å²) in [4.78, 5) is 11.5. The number of anilines is 2. The van der Waals surface area contributed by atoms with Gasteiger partial charge in [-0.25, -0.2) is 10.8 Å². The number of thiophene rings is 1. The van der Waals surface area contributed by atoms with Crippen LogP contribution in [0.1, 0.15) is 11.3 Å². The first-order chi connectivity index (χ1) is 9.30. The molecule has 20 heavy (non-hydrogen) atoms. The minimum Gasteiger partial charge on any atom is -0.359 e. The second-order valence-electron chi connectivity index (χ2n) is 4.38. The summed E-state index contributed by atoms with van der Waals surface area (Å²) in [7, 11) is 1.57. The summed E-state index contributed by atoms with van der Waals surface area (Å²) in [5, 5.41) is 0.733. The molecule has 9 heteroatoms. The van der Waals surface area contributed by atoms with Gasteiger partial charge < -0.3 is 4.90 Å². The average Bonchev–Trinajstić information content (AvgIpc) is 2.73. The molecule has 0 atom stereocenters. The molecule has 2 aromatic heterocycles. The van der Waals surface area contributed by atoms with Crippen LogP contribution in [0.25, 0.3) is 10.2 Å². The lowest BCUT2D eigenvalue weighted by Gasteiger charge is -2.20. The molecule has 0 saturated heterocycles. The lowest BCUT2D eigenvalue weighted by Crippen LogP contribution is -2.25. The maximum Gasteiger partial charge on any atom is 0.390 e. The Bertz CT molecular complexity index is 610. The normalized spacial score (nSPS) is 11.9. The van der Waals surface area contributed by atoms with E-state index in [0.717, 1.165) is 10.3 Å². The summed E-state index contributed by atoms with van der Waals surface area (Å²) in [6.45, 7) is 1.73. The fourth-order valence-electron chi connectivity index (χ4n) is 1.78. The van der Waals surface area contributed by atoms with E-state index in [1.54, 1.807) is 7.05 Å².